The van der Waals surface area contributed by atoms with Crippen molar-refractivity contribution in [3.05, 3.63) is 29.8 Å². The second-order valence-corrected chi connectivity index (χ2v) is 8.57. The fourth-order valence-corrected chi connectivity index (χ4v) is 3.96. The minimum atomic E-state index is 0.270. The van der Waals surface area contributed by atoms with Gasteiger partial charge in [0.25, 0.3) is 0 Å². The summed E-state index contributed by atoms with van der Waals surface area (Å²) in [6.45, 7) is 8.78. The molecule has 1 aromatic carbocycles. The van der Waals surface area contributed by atoms with Crippen LogP contribution in [0.1, 0.15) is 25.8 Å². The zero-order valence-electron chi connectivity index (χ0n) is 15.9. The molecule has 1 aliphatic rings. The molecule has 0 saturated carbocycles. The standard InChI is InChI=1S/C19H31N3O2S/c1-19(2)15-22(9-12-25-19)18(20-3)21-14-16-7-5-8-17(13-16)24-11-6-10-23-4/h5,7-8,13H,6,9-12,14-15H2,1-4H3,(H,20,21). The van der Waals surface area contributed by atoms with Gasteiger partial charge in [0, 0.05) is 57.3 Å². The Bertz CT molecular complexity index is 563. The Morgan fingerprint density at radius 2 is 2.20 bits per heavy atom. The highest BCUT2D eigenvalue weighted by atomic mass is 32.2. The Balaban J connectivity index is 1.86. The topological polar surface area (TPSA) is 46.1 Å². The number of nitrogens with one attached hydrogen (secondary N) is 1. The molecule has 1 saturated heterocycles. The Hall–Kier alpha value is -1.40. The number of nitrogens with zero attached hydrogens (tertiary/aromatic N) is 2. The fourth-order valence-electron chi connectivity index (χ4n) is 2.85. The van der Waals surface area contributed by atoms with Crippen LogP contribution in [0.5, 0.6) is 5.75 Å². The van der Waals surface area contributed by atoms with E-state index in [-0.39, 0.29) is 4.75 Å². The monoisotopic (exact) mass is 365 g/mol. The van der Waals surface area contributed by atoms with Gasteiger partial charge in [0.1, 0.15) is 5.75 Å². The summed E-state index contributed by atoms with van der Waals surface area (Å²) in [6, 6.07) is 8.23. The lowest BCUT2D eigenvalue weighted by Gasteiger charge is -2.39. The quantitative estimate of drug-likeness (QED) is 0.457. The fraction of sp³-hybridized carbons (Fsp3) is 0.632. The minimum absolute atomic E-state index is 0.270. The SMILES string of the molecule is CN=C(NCc1cccc(OCCCOC)c1)N1CCSC(C)(C)C1. The molecule has 1 heterocycles. The van der Waals surface area contributed by atoms with Crippen LogP contribution in [0.25, 0.3) is 0 Å². The van der Waals surface area contributed by atoms with Crippen molar-refractivity contribution < 1.29 is 9.47 Å². The van der Waals surface area contributed by atoms with Crippen LogP contribution < -0.4 is 10.1 Å². The van der Waals surface area contributed by atoms with Crippen molar-refractivity contribution in [1.29, 1.82) is 0 Å². The van der Waals surface area contributed by atoms with E-state index in [9.17, 15) is 0 Å². The summed E-state index contributed by atoms with van der Waals surface area (Å²) in [5, 5.41) is 3.49. The van der Waals surface area contributed by atoms with E-state index in [0.717, 1.165) is 50.1 Å². The first-order chi connectivity index (χ1) is 12.0. The molecule has 1 aromatic rings. The van der Waals surface area contributed by atoms with Crippen LogP contribution in [-0.2, 0) is 11.3 Å². The van der Waals surface area contributed by atoms with Gasteiger partial charge in [-0.15, -0.1) is 0 Å². The van der Waals surface area contributed by atoms with E-state index in [2.05, 4.69) is 41.2 Å². The summed E-state index contributed by atoms with van der Waals surface area (Å²) in [5.41, 5.74) is 1.19. The highest BCUT2D eigenvalue weighted by Crippen LogP contribution is 2.29. The van der Waals surface area contributed by atoms with Gasteiger partial charge in [-0.05, 0) is 31.5 Å². The lowest BCUT2D eigenvalue weighted by atomic mass is 10.2. The highest BCUT2D eigenvalue weighted by Gasteiger charge is 2.28. The number of thioether (sulfide) groups is 1. The summed E-state index contributed by atoms with van der Waals surface area (Å²) in [5.74, 6) is 3.01. The molecule has 0 aromatic heterocycles. The highest BCUT2D eigenvalue weighted by molar-refractivity contribution is 8.00. The second-order valence-electron chi connectivity index (χ2n) is 6.77. The van der Waals surface area contributed by atoms with Crippen LogP contribution in [0, 0.1) is 0 Å². The molecular formula is C19H31N3O2S. The predicted molar refractivity (Wildman–Crippen MR) is 107 cm³/mol. The molecule has 0 amide bonds. The van der Waals surface area contributed by atoms with Crippen molar-refractivity contribution in [1.82, 2.24) is 10.2 Å². The summed E-state index contributed by atoms with van der Waals surface area (Å²) in [4.78, 5) is 6.81. The number of guanidine groups is 1. The summed E-state index contributed by atoms with van der Waals surface area (Å²) in [7, 11) is 3.56. The van der Waals surface area contributed by atoms with Crippen LogP contribution in [0.4, 0.5) is 0 Å². The molecule has 0 bridgehead atoms. The number of rotatable bonds is 7. The third-order valence-corrected chi connectivity index (χ3v) is 5.34. The lowest BCUT2D eigenvalue weighted by Crippen LogP contribution is -2.50. The summed E-state index contributed by atoms with van der Waals surface area (Å²) < 4.78 is 11.1. The van der Waals surface area contributed by atoms with Crippen LogP contribution in [0.15, 0.2) is 29.3 Å². The van der Waals surface area contributed by atoms with Gasteiger partial charge in [0.05, 0.1) is 6.61 Å². The van der Waals surface area contributed by atoms with E-state index >= 15 is 0 Å². The van der Waals surface area contributed by atoms with E-state index in [1.165, 1.54) is 5.56 Å². The molecule has 0 atom stereocenters. The van der Waals surface area contributed by atoms with Crippen molar-refractivity contribution in [2.24, 2.45) is 4.99 Å². The minimum Gasteiger partial charge on any atom is -0.493 e. The van der Waals surface area contributed by atoms with Gasteiger partial charge in [-0.25, -0.2) is 0 Å². The van der Waals surface area contributed by atoms with E-state index < -0.39 is 0 Å². The molecular weight excluding hydrogens is 334 g/mol. The number of benzene rings is 1. The maximum Gasteiger partial charge on any atom is 0.193 e. The molecule has 0 aliphatic carbocycles. The Labute approximate surface area is 156 Å². The first-order valence-electron chi connectivity index (χ1n) is 8.84. The third kappa shape index (κ3) is 6.78. The first-order valence-corrected chi connectivity index (χ1v) is 9.83. The van der Waals surface area contributed by atoms with Gasteiger partial charge in [0.15, 0.2) is 5.96 Å². The van der Waals surface area contributed by atoms with Crippen LogP contribution in [-0.4, -0.2) is 61.8 Å². The van der Waals surface area contributed by atoms with Crippen molar-refractivity contribution in [2.45, 2.75) is 31.6 Å². The van der Waals surface area contributed by atoms with E-state index in [1.54, 1.807) is 7.11 Å². The predicted octanol–water partition coefficient (Wildman–Crippen LogP) is 3.00. The van der Waals surface area contributed by atoms with Gasteiger partial charge < -0.3 is 19.7 Å². The molecule has 1 fully saturated rings. The zero-order valence-corrected chi connectivity index (χ0v) is 16.7. The Kier molecular flexibility index (Phi) is 7.90. The zero-order chi connectivity index (χ0) is 18.1. The van der Waals surface area contributed by atoms with E-state index in [0.29, 0.717) is 6.61 Å². The molecule has 25 heavy (non-hydrogen) atoms. The molecule has 2 rings (SSSR count). The summed E-state index contributed by atoms with van der Waals surface area (Å²) in [6.07, 6.45) is 0.897. The molecule has 1 N–H and O–H groups in total. The van der Waals surface area contributed by atoms with Gasteiger partial charge in [0.2, 0.25) is 0 Å². The van der Waals surface area contributed by atoms with Gasteiger partial charge in [-0.3, -0.25) is 4.99 Å². The third-order valence-electron chi connectivity index (χ3n) is 4.05. The van der Waals surface area contributed by atoms with Crippen molar-refractivity contribution in [3.63, 3.8) is 0 Å². The van der Waals surface area contributed by atoms with Gasteiger partial charge >= 0.3 is 0 Å². The van der Waals surface area contributed by atoms with Crippen LogP contribution in [0.2, 0.25) is 0 Å². The maximum absolute atomic E-state index is 5.77. The maximum atomic E-state index is 5.77. The molecule has 0 spiro atoms. The average Bonchev–Trinajstić information content (AvgIpc) is 2.59. The first kappa shape index (κ1) is 19.9. The molecule has 0 unspecified atom stereocenters. The molecule has 0 radical (unpaired) electrons. The average molecular weight is 366 g/mol. The molecule has 5 nitrogen and oxygen atoms in total. The van der Waals surface area contributed by atoms with Crippen LogP contribution >= 0.6 is 11.8 Å². The lowest BCUT2D eigenvalue weighted by molar-refractivity contribution is 0.172. The van der Waals surface area contributed by atoms with Crippen molar-refractivity contribution >= 4 is 17.7 Å². The van der Waals surface area contributed by atoms with E-state index in [1.807, 2.05) is 30.9 Å². The number of ether oxygens (including phenoxy) is 2. The molecule has 6 heteroatoms. The smallest absolute Gasteiger partial charge is 0.193 e. The van der Waals surface area contributed by atoms with Gasteiger partial charge in [-0.2, -0.15) is 11.8 Å². The van der Waals surface area contributed by atoms with E-state index in [4.69, 9.17) is 9.47 Å². The number of methoxy groups -OCH3 is 1. The van der Waals surface area contributed by atoms with Crippen molar-refractivity contribution in [2.75, 3.05) is 46.2 Å². The molecule has 1 aliphatic heterocycles. The largest absolute Gasteiger partial charge is 0.493 e. The Morgan fingerprint density at radius 1 is 1.36 bits per heavy atom. The number of aliphatic imine (C=N–C) groups is 1. The number of hydrogen-bond acceptors (Lipinski definition) is 4. The Morgan fingerprint density at radius 3 is 2.92 bits per heavy atom. The normalized spacial score (nSPS) is 17.4. The molecule has 140 valence electrons. The number of hydrogen-bond donors (Lipinski definition) is 1. The van der Waals surface area contributed by atoms with Crippen LogP contribution in [0.3, 0.4) is 0 Å². The van der Waals surface area contributed by atoms with Gasteiger partial charge in [-0.1, -0.05) is 12.1 Å². The summed E-state index contributed by atoms with van der Waals surface area (Å²) >= 11 is 2.03. The second kappa shape index (κ2) is 9.92. The van der Waals surface area contributed by atoms with Crippen molar-refractivity contribution in [3.8, 4) is 5.75 Å².